The van der Waals surface area contributed by atoms with E-state index >= 15 is 0 Å². The number of halogens is 1. The Kier molecular flexibility index (Phi) is 5.97. The highest BCUT2D eigenvalue weighted by molar-refractivity contribution is 6.30. The molecule has 3 heterocycles. The third-order valence-electron chi connectivity index (χ3n) is 6.77. The van der Waals surface area contributed by atoms with Crippen molar-refractivity contribution in [3.05, 3.63) is 86.9 Å². The molecule has 1 aliphatic carbocycles. The topological polar surface area (TPSA) is 75.5 Å². The lowest BCUT2D eigenvalue weighted by atomic mass is 9.73. The van der Waals surface area contributed by atoms with Crippen molar-refractivity contribution < 1.29 is 9.59 Å². The van der Waals surface area contributed by atoms with Crippen molar-refractivity contribution in [1.82, 2.24) is 14.5 Å². The summed E-state index contributed by atoms with van der Waals surface area (Å²) in [5.74, 6) is 0.503. The van der Waals surface area contributed by atoms with Crippen LogP contribution in [0, 0.1) is 5.41 Å². The molecule has 0 bridgehead atoms. The summed E-state index contributed by atoms with van der Waals surface area (Å²) in [7, 11) is 0. The largest absolute Gasteiger partial charge is 0.353 e. The van der Waals surface area contributed by atoms with E-state index < -0.39 is 5.56 Å². The van der Waals surface area contributed by atoms with Gasteiger partial charge in [-0.1, -0.05) is 31.5 Å². The number of anilines is 1. The van der Waals surface area contributed by atoms with E-state index in [1.54, 1.807) is 41.6 Å². The summed E-state index contributed by atoms with van der Waals surface area (Å²) >= 11 is 6.04. The van der Waals surface area contributed by atoms with Crippen LogP contribution in [0.2, 0.25) is 5.02 Å². The normalized spacial score (nSPS) is 17.3. The first-order chi connectivity index (χ1) is 16.7. The zero-order valence-electron chi connectivity index (χ0n) is 19.8. The van der Waals surface area contributed by atoms with E-state index in [9.17, 15) is 14.4 Å². The van der Waals surface area contributed by atoms with Gasteiger partial charge in [0.2, 0.25) is 0 Å². The van der Waals surface area contributed by atoms with E-state index in [0.717, 1.165) is 5.82 Å². The van der Waals surface area contributed by atoms with Gasteiger partial charge >= 0.3 is 0 Å². The minimum atomic E-state index is -0.409. The zero-order chi connectivity index (χ0) is 24.7. The number of rotatable bonds is 3. The molecule has 3 aromatic rings. The molecule has 1 fully saturated rings. The standard InChI is InChI=1S/C27H27ClN4O3/c1-27(2)15-20-21(22(33)16-27)17-32(19-8-6-18(28)7-9-19)26(35)24(20)25(34)31-13-11-30(12-14-31)23-5-3-4-10-29-23/h3-10,17H,11-16H2,1-2H3. The number of aromatic nitrogens is 2. The number of ketones is 1. The first-order valence-electron chi connectivity index (χ1n) is 11.8. The Morgan fingerprint density at radius 3 is 2.34 bits per heavy atom. The first-order valence-corrected chi connectivity index (χ1v) is 12.1. The van der Waals surface area contributed by atoms with Gasteiger partial charge in [0.15, 0.2) is 5.78 Å². The third kappa shape index (κ3) is 4.48. The quantitative estimate of drug-likeness (QED) is 0.554. The molecule has 1 aromatic carbocycles. The molecule has 0 atom stereocenters. The van der Waals surface area contributed by atoms with E-state index in [-0.39, 0.29) is 22.7 Å². The summed E-state index contributed by atoms with van der Waals surface area (Å²) in [5.41, 5.74) is 0.954. The molecule has 35 heavy (non-hydrogen) atoms. The molecule has 7 nitrogen and oxygen atoms in total. The van der Waals surface area contributed by atoms with Gasteiger partial charge in [0.25, 0.3) is 11.5 Å². The molecule has 2 aromatic heterocycles. The number of hydrogen-bond acceptors (Lipinski definition) is 5. The number of carbonyl (C=O) groups excluding carboxylic acids is 2. The lowest BCUT2D eigenvalue weighted by Crippen LogP contribution is -2.50. The molecule has 0 radical (unpaired) electrons. The van der Waals surface area contributed by atoms with Crippen LogP contribution in [0.15, 0.2) is 59.7 Å². The smallest absolute Gasteiger partial charge is 0.268 e. The molecule has 0 N–H and O–H groups in total. The molecule has 0 unspecified atom stereocenters. The predicted molar refractivity (Wildman–Crippen MR) is 136 cm³/mol. The SMILES string of the molecule is CC1(C)CC(=O)c2cn(-c3ccc(Cl)cc3)c(=O)c(C(=O)N3CCN(c4ccccn4)CC3)c2C1. The van der Waals surface area contributed by atoms with E-state index in [4.69, 9.17) is 11.6 Å². The lowest BCUT2D eigenvalue weighted by Gasteiger charge is -2.36. The Morgan fingerprint density at radius 2 is 1.69 bits per heavy atom. The Bertz CT molecular complexity index is 1340. The molecule has 2 aliphatic rings. The number of Topliss-reactive ketones (excluding diaryl/α,β-unsaturated/α-hetero) is 1. The van der Waals surface area contributed by atoms with Crippen molar-refractivity contribution in [2.75, 3.05) is 31.1 Å². The number of carbonyl (C=O) groups is 2. The zero-order valence-corrected chi connectivity index (χ0v) is 20.6. The number of pyridine rings is 2. The highest BCUT2D eigenvalue weighted by atomic mass is 35.5. The van der Waals surface area contributed by atoms with Gasteiger partial charge in [-0.3, -0.25) is 19.0 Å². The fourth-order valence-electron chi connectivity index (χ4n) is 5.00. The lowest BCUT2D eigenvalue weighted by molar-refractivity contribution is 0.0741. The van der Waals surface area contributed by atoms with Gasteiger partial charge < -0.3 is 9.80 Å². The van der Waals surface area contributed by atoms with Crippen molar-refractivity contribution in [3.63, 3.8) is 0 Å². The molecule has 5 rings (SSSR count). The van der Waals surface area contributed by atoms with Crippen LogP contribution in [0.5, 0.6) is 0 Å². The monoisotopic (exact) mass is 490 g/mol. The van der Waals surface area contributed by atoms with Gasteiger partial charge in [-0.25, -0.2) is 4.98 Å². The number of hydrogen-bond donors (Lipinski definition) is 0. The number of amides is 1. The summed E-state index contributed by atoms with van der Waals surface area (Å²) < 4.78 is 1.41. The van der Waals surface area contributed by atoms with Crippen molar-refractivity contribution in [3.8, 4) is 5.69 Å². The third-order valence-corrected chi connectivity index (χ3v) is 7.02. The molecule has 8 heteroatoms. The maximum absolute atomic E-state index is 13.8. The van der Waals surface area contributed by atoms with Crippen LogP contribution >= 0.6 is 11.6 Å². The Hall–Kier alpha value is -3.45. The summed E-state index contributed by atoms with van der Waals surface area (Å²) in [5, 5.41) is 0.541. The van der Waals surface area contributed by atoms with E-state index in [1.807, 2.05) is 32.0 Å². The molecular weight excluding hydrogens is 464 g/mol. The first kappa shape index (κ1) is 23.3. The second-order valence-electron chi connectivity index (χ2n) is 9.96. The molecule has 0 saturated carbocycles. The summed E-state index contributed by atoms with van der Waals surface area (Å²) in [6.45, 7) is 6.17. The van der Waals surface area contributed by atoms with Gasteiger partial charge in [0, 0.05) is 61.3 Å². The molecule has 1 amide bonds. The van der Waals surface area contributed by atoms with Gasteiger partial charge in [-0.15, -0.1) is 0 Å². The molecule has 0 spiro atoms. The van der Waals surface area contributed by atoms with E-state index in [2.05, 4.69) is 9.88 Å². The van der Waals surface area contributed by atoms with Crippen LogP contribution in [0.4, 0.5) is 5.82 Å². The van der Waals surface area contributed by atoms with Crippen LogP contribution in [0.25, 0.3) is 5.69 Å². The van der Waals surface area contributed by atoms with Gasteiger partial charge in [0.05, 0.1) is 0 Å². The fourth-order valence-corrected chi connectivity index (χ4v) is 5.12. The van der Waals surface area contributed by atoms with Crippen molar-refractivity contribution in [2.24, 2.45) is 5.41 Å². The van der Waals surface area contributed by atoms with Crippen LogP contribution in [-0.4, -0.2) is 52.3 Å². The van der Waals surface area contributed by atoms with Crippen molar-refractivity contribution >= 4 is 29.1 Å². The molecular formula is C27H27ClN4O3. The number of benzene rings is 1. The number of fused-ring (bicyclic) bond motifs is 1. The van der Waals surface area contributed by atoms with Crippen LogP contribution in [0.1, 0.15) is 46.5 Å². The van der Waals surface area contributed by atoms with Crippen LogP contribution in [-0.2, 0) is 6.42 Å². The van der Waals surface area contributed by atoms with Crippen molar-refractivity contribution in [1.29, 1.82) is 0 Å². The fraction of sp³-hybridized carbons (Fsp3) is 0.333. The van der Waals surface area contributed by atoms with Crippen molar-refractivity contribution in [2.45, 2.75) is 26.7 Å². The average molecular weight is 491 g/mol. The predicted octanol–water partition coefficient (Wildman–Crippen LogP) is 4.00. The second kappa shape index (κ2) is 8.96. The van der Waals surface area contributed by atoms with Crippen LogP contribution in [0.3, 0.4) is 0 Å². The maximum Gasteiger partial charge on any atom is 0.268 e. The minimum absolute atomic E-state index is 0.0482. The number of nitrogens with zero attached hydrogens (tertiary/aromatic N) is 4. The van der Waals surface area contributed by atoms with E-state index in [0.29, 0.717) is 60.9 Å². The van der Waals surface area contributed by atoms with E-state index in [1.165, 1.54) is 4.57 Å². The van der Waals surface area contributed by atoms with Gasteiger partial charge in [0.1, 0.15) is 11.4 Å². The van der Waals surface area contributed by atoms with Crippen LogP contribution < -0.4 is 10.5 Å². The molecule has 180 valence electrons. The molecule has 1 aliphatic heterocycles. The average Bonchev–Trinajstić information content (AvgIpc) is 2.84. The number of piperazine rings is 1. The second-order valence-corrected chi connectivity index (χ2v) is 10.4. The minimum Gasteiger partial charge on any atom is -0.353 e. The highest BCUT2D eigenvalue weighted by Gasteiger charge is 2.37. The summed E-state index contributed by atoms with van der Waals surface area (Å²) in [6.07, 6.45) is 4.21. The van der Waals surface area contributed by atoms with Gasteiger partial charge in [-0.05, 0) is 53.8 Å². The highest BCUT2D eigenvalue weighted by Crippen LogP contribution is 2.36. The summed E-state index contributed by atoms with van der Waals surface area (Å²) in [6, 6.07) is 12.6. The van der Waals surface area contributed by atoms with Gasteiger partial charge in [-0.2, -0.15) is 0 Å². The Labute approximate surface area is 209 Å². The Morgan fingerprint density at radius 1 is 0.971 bits per heavy atom. The Balaban J connectivity index is 1.54. The summed E-state index contributed by atoms with van der Waals surface area (Å²) in [4.78, 5) is 49.0. The maximum atomic E-state index is 13.8. The molecule has 1 saturated heterocycles.